The number of carbonyl (C=O) groups is 1. The lowest BCUT2D eigenvalue weighted by Gasteiger charge is -2.23. The molecule has 1 saturated heterocycles. The molecular formula is C16H22N4O3. The number of hydrogen-bond donors (Lipinski definition) is 1. The van der Waals surface area contributed by atoms with Gasteiger partial charge in [0, 0.05) is 31.4 Å². The topological polar surface area (TPSA) is 77.6 Å². The molecule has 124 valence electrons. The minimum Gasteiger partial charge on any atom is -0.381 e. The lowest BCUT2D eigenvalue weighted by Crippen LogP contribution is -2.42. The van der Waals surface area contributed by atoms with Gasteiger partial charge in [-0.3, -0.25) is 14.0 Å². The maximum atomic E-state index is 12.5. The summed E-state index contributed by atoms with van der Waals surface area (Å²) in [7, 11) is 0. The third-order valence-electron chi connectivity index (χ3n) is 4.07. The van der Waals surface area contributed by atoms with E-state index < -0.39 is 0 Å². The van der Waals surface area contributed by atoms with Crippen LogP contribution in [0.25, 0.3) is 5.52 Å². The van der Waals surface area contributed by atoms with Crippen molar-refractivity contribution in [3.63, 3.8) is 0 Å². The molecule has 0 aliphatic carbocycles. The molecule has 1 amide bonds. The number of ether oxygens (including phenoxy) is 1. The van der Waals surface area contributed by atoms with Crippen molar-refractivity contribution >= 4 is 11.4 Å². The molecular weight excluding hydrogens is 296 g/mol. The Labute approximate surface area is 134 Å². The molecule has 3 rings (SSSR count). The highest BCUT2D eigenvalue weighted by molar-refractivity contribution is 5.76. The first-order valence-corrected chi connectivity index (χ1v) is 8.01. The van der Waals surface area contributed by atoms with E-state index in [0.29, 0.717) is 18.7 Å². The summed E-state index contributed by atoms with van der Waals surface area (Å²) in [6.07, 6.45) is 3.44. The average molecular weight is 318 g/mol. The molecule has 0 aromatic carbocycles. The van der Waals surface area contributed by atoms with Crippen molar-refractivity contribution < 1.29 is 9.53 Å². The lowest BCUT2D eigenvalue weighted by molar-refractivity contribution is -0.123. The van der Waals surface area contributed by atoms with Crippen LogP contribution in [0.3, 0.4) is 0 Å². The summed E-state index contributed by atoms with van der Waals surface area (Å²) < 4.78 is 8.33. The van der Waals surface area contributed by atoms with E-state index in [1.54, 1.807) is 10.5 Å². The van der Waals surface area contributed by atoms with Gasteiger partial charge in [0.2, 0.25) is 5.91 Å². The maximum absolute atomic E-state index is 12.5. The van der Waals surface area contributed by atoms with Gasteiger partial charge in [-0.2, -0.15) is 5.10 Å². The Kier molecular flexibility index (Phi) is 4.47. The Morgan fingerprint density at radius 1 is 1.43 bits per heavy atom. The Morgan fingerprint density at radius 3 is 2.87 bits per heavy atom. The number of fused-ring (bicyclic) bond motifs is 1. The summed E-state index contributed by atoms with van der Waals surface area (Å²) in [6.45, 7) is 5.29. The molecule has 1 aliphatic rings. The van der Waals surface area contributed by atoms with E-state index in [4.69, 9.17) is 4.74 Å². The molecule has 1 aliphatic heterocycles. The van der Waals surface area contributed by atoms with E-state index in [0.717, 1.165) is 18.7 Å². The monoisotopic (exact) mass is 318 g/mol. The van der Waals surface area contributed by atoms with Gasteiger partial charge < -0.3 is 10.1 Å². The molecule has 0 unspecified atom stereocenters. The van der Waals surface area contributed by atoms with E-state index in [1.165, 1.54) is 4.68 Å². The van der Waals surface area contributed by atoms with Gasteiger partial charge in [-0.15, -0.1) is 0 Å². The van der Waals surface area contributed by atoms with Crippen LogP contribution in [-0.4, -0.2) is 39.3 Å². The molecule has 0 bridgehead atoms. The Bertz CT molecular complexity index is 756. The number of nitrogens with one attached hydrogen (secondary N) is 1. The van der Waals surface area contributed by atoms with Crippen molar-refractivity contribution in [3.05, 3.63) is 34.5 Å². The predicted molar refractivity (Wildman–Crippen MR) is 85.5 cm³/mol. The van der Waals surface area contributed by atoms with Crippen LogP contribution in [0.5, 0.6) is 0 Å². The van der Waals surface area contributed by atoms with Crippen molar-refractivity contribution in [2.75, 3.05) is 13.2 Å². The normalized spacial score (nSPS) is 16.1. The summed E-state index contributed by atoms with van der Waals surface area (Å²) in [4.78, 5) is 24.7. The zero-order chi connectivity index (χ0) is 16.4. The molecule has 1 fully saturated rings. The van der Waals surface area contributed by atoms with E-state index in [2.05, 4.69) is 10.4 Å². The first-order chi connectivity index (χ1) is 11.1. The minimum atomic E-state index is -0.249. The summed E-state index contributed by atoms with van der Waals surface area (Å²) in [5.41, 5.74) is 0.295. The molecule has 0 radical (unpaired) electrons. The van der Waals surface area contributed by atoms with Gasteiger partial charge in [0.25, 0.3) is 5.56 Å². The number of rotatable bonds is 4. The second-order valence-electron chi connectivity index (χ2n) is 6.19. The molecule has 7 heteroatoms. The highest BCUT2D eigenvalue weighted by Gasteiger charge is 2.18. The summed E-state index contributed by atoms with van der Waals surface area (Å²) in [6, 6.07) is 3.69. The zero-order valence-corrected chi connectivity index (χ0v) is 13.5. The van der Waals surface area contributed by atoms with E-state index in [-0.39, 0.29) is 30.0 Å². The fourth-order valence-corrected chi connectivity index (χ4v) is 2.86. The van der Waals surface area contributed by atoms with Crippen molar-refractivity contribution in [3.8, 4) is 0 Å². The predicted octanol–water partition coefficient (Wildman–Crippen LogP) is 0.915. The third kappa shape index (κ3) is 3.29. The second-order valence-corrected chi connectivity index (χ2v) is 6.19. The highest BCUT2D eigenvalue weighted by Crippen LogP contribution is 2.12. The molecule has 3 heterocycles. The second kappa shape index (κ2) is 6.54. The Morgan fingerprint density at radius 2 is 2.17 bits per heavy atom. The van der Waals surface area contributed by atoms with Crippen LogP contribution in [-0.2, 0) is 16.1 Å². The standard InChI is InChI=1S/C16H22N4O3/c1-11(2)15-18-20(16(22)13-4-3-7-19(13)15)10-14(21)17-12-5-8-23-9-6-12/h3-4,7,11-12H,5-6,8-10H2,1-2H3,(H,17,21). The minimum absolute atomic E-state index is 0.0579. The van der Waals surface area contributed by atoms with Crippen LogP contribution in [0.2, 0.25) is 0 Å². The quantitative estimate of drug-likeness (QED) is 0.909. The lowest BCUT2D eigenvalue weighted by atomic mass is 10.1. The third-order valence-corrected chi connectivity index (χ3v) is 4.07. The van der Waals surface area contributed by atoms with Gasteiger partial charge in [0.05, 0.1) is 0 Å². The highest BCUT2D eigenvalue weighted by atomic mass is 16.5. The average Bonchev–Trinajstić information content (AvgIpc) is 3.00. The number of amides is 1. The summed E-state index contributed by atoms with van der Waals surface area (Å²) in [5.74, 6) is 0.732. The maximum Gasteiger partial charge on any atom is 0.291 e. The van der Waals surface area contributed by atoms with Crippen molar-refractivity contribution in [2.45, 2.75) is 45.2 Å². The molecule has 2 aromatic rings. The Hall–Kier alpha value is -2.15. The van der Waals surface area contributed by atoms with Crippen molar-refractivity contribution in [2.24, 2.45) is 0 Å². The van der Waals surface area contributed by atoms with Gasteiger partial charge in [-0.1, -0.05) is 13.8 Å². The fourth-order valence-electron chi connectivity index (χ4n) is 2.86. The SMILES string of the molecule is CC(C)c1nn(CC(=O)NC2CCOCC2)c(=O)c2cccn12. The van der Waals surface area contributed by atoms with Gasteiger partial charge in [-0.25, -0.2) is 4.68 Å². The van der Waals surface area contributed by atoms with E-state index in [1.807, 2.05) is 26.1 Å². The largest absolute Gasteiger partial charge is 0.381 e. The van der Waals surface area contributed by atoms with Crippen LogP contribution >= 0.6 is 0 Å². The number of carbonyl (C=O) groups excluding carboxylic acids is 1. The molecule has 0 atom stereocenters. The van der Waals surface area contributed by atoms with E-state index >= 15 is 0 Å². The van der Waals surface area contributed by atoms with Crippen molar-refractivity contribution in [1.82, 2.24) is 19.5 Å². The van der Waals surface area contributed by atoms with Gasteiger partial charge in [-0.05, 0) is 25.0 Å². The van der Waals surface area contributed by atoms with Gasteiger partial charge in [0.1, 0.15) is 17.9 Å². The number of nitrogens with zero attached hydrogens (tertiary/aromatic N) is 3. The molecule has 0 saturated carbocycles. The van der Waals surface area contributed by atoms with Crippen molar-refractivity contribution in [1.29, 1.82) is 0 Å². The Balaban J connectivity index is 1.83. The first kappa shape index (κ1) is 15.7. The van der Waals surface area contributed by atoms with Gasteiger partial charge >= 0.3 is 0 Å². The van der Waals surface area contributed by atoms with Crippen LogP contribution in [0.1, 0.15) is 38.4 Å². The van der Waals surface area contributed by atoms with Gasteiger partial charge in [0.15, 0.2) is 0 Å². The van der Waals surface area contributed by atoms with Crippen LogP contribution < -0.4 is 10.9 Å². The fraction of sp³-hybridized carbons (Fsp3) is 0.562. The summed E-state index contributed by atoms with van der Waals surface area (Å²) in [5, 5.41) is 7.35. The zero-order valence-electron chi connectivity index (χ0n) is 13.5. The molecule has 7 nitrogen and oxygen atoms in total. The molecule has 23 heavy (non-hydrogen) atoms. The summed E-state index contributed by atoms with van der Waals surface area (Å²) >= 11 is 0. The smallest absolute Gasteiger partial charge is 0.291 e. The number of aromatic nitrogens is 3. The number of hydrogen-bond acceptors (Lipinski definition) is 4. The van der Waals surface area contributed by atoms with Crippen LogP contribution in [0.4, 0.5) is 0 Å². The van der Waals surface area contributed by atoms with Crippen LogP contribution in [0, 0.1) is 0 Å². The first-order valence-electron chi connectivity index (χ1n) is 8.01. The molecule has 2 aromatic heterocycles. The van der Waals surface area contributed by atoms with Crippen LogP contribution in [0.15, 0.2) is 23.1 Å². The molecule has 0 spiro atoms. The van der Waals surface area contributed by atoms with E-state index in [9.17, 15) is 9.59 Å². The molecule has 1 N–H and O–H groups in total.